The highest BCUT2D eigenvalue weighted by atomic mass is 32.1. The van der Waals surface area contributed by atoms with Crippen LogP contribution in [-0.4, -0.2) is 42.3 Å². The van der Waals surface area contributed by atoms with E-state index in [1.54, 1.807) is 41.5 Å². The Morgan fingerprint density at radius 2 is 2.03 bits per heavy atom. The van der Waals surface area contributed by atoms with Crippen LogP contribution in [-0.2, 0) is 16.0 Å². The second-order valence-corrected chi connectivity index (χ2v) is 8.27. The normalized spacial score (nSPS) is 19.1. The molecule has 2 heterocycles. The Kier molecular flexibility index (Phi) is 6.47. The summed E-state index contributed by atoms with van der Waals surface area (Å²) >= 11 is 1.23. The van der Waals surface area contributed by atoms with Crippen LogP contribution in [0.25, 0.3) is 0 Å². The van der Waals surface area contributed by atoms with Gasteiger partial charge in [0.1, 0.15) is 5.82 Å². The van der Waals surface area contributed by atoms with Crippen molar-refractivity contribution in [3.05, 3.63) is 57.5 Å². The van der Waals surface area contributed by atoms with E-state index in [0.717, 1.165) is 0 Å². The zero-order valence-electron chi connectivity index (χ0n) is 16.6. The highest BCUT2D eigenvalue weighted by molar-refractivity contribution is 7.12. The van der Waals surface area contributed by atoms with Crippen LogP contribution < -0.4 is 0 Å². The molecule has 1 aromatic carbocycles. The molecule has 0 unspecified atom stereocenters. The Bertz CT molecular complexity index is 925. The van der Waals surface area contributed by atoms with Gasteiger partial charge >= 0.3 is 5.97 Å². The number of piperidine rings is 1. The molecule has 0 aliphatic carbocycles. The van der Waals surface area contributed by atoms with Crippen LogP contribution >= 0.6 is 11.3 Å². The molecule has 154 valence electrons. The topological polar surface area (TPSA) is 63.7 Å². The Morgan fingerprint density at radius 1 is 1.28 bits per heavy atom. The summed E-state index contributed by atoms with van der Waals surface area (Å²) in [7, 11) is 0. The molecule has 1 saturated heterocycles. The number of nitrogens with zero attached hydrogens (tertiary/aromatic N) is 1. The number of carbonyl (C=O) groups excluding carboxylic acids is 3. The molecule has 5 nitrogen and oxygen atoms in total. The molecule has 1 aromatic heterocycles. The first-order chi connectivity index (χ1) is 13.9. The van der Waals surface area contributed by atoms with Crippen molar-refractivity contribution in [2.45, 2.75) is 33.1 Å². The fourth-order valence-corrected chi connectivity index (χ4v) is 4.58. The van der Waals surface area contributed by atoms with Gasteiger partial charge in [-0.1, -0.05) is 18.2 Å². The standard InChI is InChI=1S/C22H24FNO4S/c1-3-28-21(27)22(12-16-7-4-5-8-18(16)23)9-6-10-24(14-22)20(26)17-11-19(15(2)25)29-13-17/h4-5,7-8,11,13H,3,6,9-10,12,14H2,1-2H3/t22-/m0/s1. The maximum absolute atomic E-state index is 14.3. The monoisotopic (exact) mass is 417 g/mol. The van der Waals surface area contributed by atoms with Crippen molar-refractivity contribution in [2.24, 2.45) is 5.41 Å². The van der Waals surface area contributed by atoms with Gasteiger partial charge in [0, 0.05) is 18.5 Å². The van der Waals surface area contributed by atoms with Crippen LogP contribution in [0, 0.1) is 11.2 Å². The molecule has 7 heteroatoms. The number of ether oxygens (including phenoxy) is 1. The smallest absolute Gasteiger partial charge is 0.314 e. The molecule has 0 saturated carbocycles. The highest BCUT2D eigenvalue weighted by Gasteiger charge is 2.45. The summed E-state index contributed by atoms with van der Waals surface area (Å²) in [4.78, 5) is 39.6. The number of thiophene rings is 1. The minimum Gasteiger partial charge on any atom is -0.466 e. The molecular formula is C22H24FNO4S. The van der Waals surface area contributed by atoms with E-state index >= 15 is 0 Å². The number of amides is 1. The van der Waals surface area contributed by atoms with Gasteiger partial charge in [-0.15, -0.1) is 11.3 Å². The average Bonchev–Trinajstić information content (AvgIpc) is 3.20. The number of hydrogen-bond donors (Lipinski definition) is 0. The van der Waals surface area contributed by atoms with Crippen LogP contribution in [0.2, 0.25) is 0 Å². The van der Waals surface area contributed by atoms with Crippen molar-refractivity contribution in [1.29, 1.82) is 0 Å². The van der Waals surface area contributed by atoms with E-state index in [2.05, 4.69) is 0 Å². The molecule has 2 aromatic rings. The van der Waals surface area contributed by atoms with Gasteiger partial charge < -0.3 is 9.64 Å². The van der Waals surface area contributed by atoms with Crippen molar-refractivity contribution < 1.29 is 23.5 Å². The van der Waals surface area contributed by atoms with Gasteiger partial charge in [0.25, 0.3) is 5.91 Å². The number of ketones is 1. The molecule has 1 amide bonds. The average molecular weight is 418 g/mol. The van der Waals surface area contributed by atoms with Crippen LogP contribution in [0.4, 0.5) is 4.39 Å². The zero-order chi connectivity index (χ0) is 21.0. The molecule has 1 atom stereocenters. The second kappa shape index (κ2) is 8.86. The predicted octanol–water partition coefficient (Wildman–Crippen LogP) is 4.12. The third-order valence-electron chi connectivity index (χ3n) is 5.25. The fraction of sp³-hybridized carbons (Fsp3) is 0.409. The van der Waals surface area contributed by atoms with E-state index in [4.69, 9.17) is 4.74 Å². The quantitative estimate of drug-likeness (QED) is 0.524. The van der Waals surface area contributed by atoms with Crippen LogP contribution in [0.5, 0.6) is 0 Å². The first kappa shape index (κ1) is 21.2. The Morgan fingerprint density at radius 3 is 2.69 bits per heavy atom. The lowest BCUT2D eigenvalue weighted by Gasteiger charge is -2.41. The van der Waals surface area contributed by atoms with Crippen molar-refractivity contribution in [3.63, 3.8) is 0 Å². The predicted molar refractivity (Wildman–Crippen MR) is 109 cm³/mol. The number of Topliss-reactive ketones (excluding diaryl/α,β-unsaturated/α-hetero) is 1. The van der Waals surface area contributed by atoms with E-state index in [-0.39, 0.29) is 37.1 Å². The summed E-state index contributed by atoms with van der Waals surface area (Å²) in [5.41, 5.74) is -0.124. The molecule has 29 heavy (non-hydrogen) atoms. The summed E-state index contributed by atoms with van der Waals surface area (Å²) in [6, 6.07) is 7.96. The van der Waals surface area contributed by atoms with Gasteiger partial charge in [0.2, 0.25) is 0 Å². The first-order valence-electron chi connectivity index (χ1n) is 9.65. The summed E-state index contributed by atoms with van der Waals surface area (Å²) in [5, 5.41) is 1.66. The molecule has 1 fully saturated rings. The minimum absolute atomic E-state index is 0.0897. The molecule has 0 N–H and O–H groups in total. The van der Waals surface area contributed by atoms with E-state index in [0.29, 0.717) is 35.4 Å². The summed E-state index contributed by atoms with van der Waals surface area (Å²) in [6.07, 6.45) is 1.31. The largest absolute Gasteiger partial charge is 0.466 e. The van der Waals surface area contributed by atoms with Gasteiger partial charge in [-0.2, -0.15) is 0 Å². The van der Waals surface area contributed by atoms with Gasteiger partial charge in [0.05, 0.1) is 22.5 Å². The lowest BCUT2D eigenvalue weighted by molar-refractivity contribution is -0.158. The third-order valence-corrected chi connectivity index (χ3v) is 6.28. The van der Waals surface area contributed by atoms with Crippen molar-refractivity contribution in [1.82, 2.24) is 4.90 Å². The number of rotatable bonds is 6. The van der Waals surface area contributed by atoms with Crippen LogP contribution in [0.3, 0.4) is 0 Å². The summed E-state index contributed by atoms with van der Waals surface area (Å²) in [6.45, 7) is 4.07. The number of benzene rings is 1. The number of carbonyl (C=O) groups is 3. The highest BCUT2D eigenvalue weighted by Crippen LogP contribution is 2.36. The minimum atomic E-state index is -0.995. The van der Waals surface area contributed by atoms with Crippen molar-refractivity contribution >= 4 is 29.0 Å². The number of esters is 1. The van der Waals surface area contributed by atoms with Gasteiger partial charge in [-0.3, -0.25) is 14.4 Å². The van der Waals surface area contributed by atoms with Gasteiger partial charge in [-0.05, 0) is 50.8 Å². The van der Waals surface area contributed by atoms with Crippen molar-refractivity contribution in [3.8, 4) is 0 Å². The summed E-state index contributed by atoms with van der Waals surface area (Å²) in [5.74, 6) is -1.09. The molecule has 0 radical (unpaired) electrons. The summed E-state index contributed by atoms with van der Waals surface area (Å²) < 4.78 is 19.6. The van der Waals surface area contributed by atoms with E-state index < -0.39 is 11.4 Å². The van der Waals surface area contributed by atoms with Gasteiger partial charge in [-0.25, -0.2) is 4.39 Å². The Hall–Kier alpha value is -2.54. The van der Waals surface area contributed by atoms with Crippen LogP contribution in [0.1, 0.15) is 52.3 Å². The maximum atomic E-state index is 14.3. The fourth-order valence-electron chi connectivity index (χ4n) is 3.79. The third kappa shape index (κ3) is 4.56. The molecule has 1 aliphatic heterocycles. The first-order valence-corrected chi connectivity index (χ1v) is 10.5. The molecule has 0 bridgehead atoms. The molecular weight excluding hydrogens is 393 g/mol. The molecule has 0 spiro atoms. The maximum Gasteiger partial charge on any atom is 0.314 e. The zero-order valence-corrected chi connectivity index (χ0v) is 17.4. The van der Waals surface area contributed by atoms with E-state index in [1.165, 1.54) is 24.3 Å². The van der Waals surface area contributed by atoms with Gasteiger partial charge in [0.15, 0.2) is 5.78 Å². The number of hydrogen-bond acceptors (Lipinski definition) is 5. The molecule has 1 aliphatic rings. The van der Waals surface area contributed by atoms with E-state index in [9.17, 15) is 18.8 Å². The van der Waals surface area contributed by atoms with E-state index in [1.807, 2.05) is 0 Å². The lowest BCUT2D eigenvalue weighted by Crippen LogP contribution is -2.51. The Labute approximate surface area is 173 Å². The molecule has 3 rings (SSSR count). The van der Waals surface area contributed by atoms with Crippen molar-refractivity contribution in [2.75, 3.05) is 19.7 Å². The second-order valence-electron chi connectivity index (χ2n) is 7.36. The lowest BCUT2D eigenvalue weighted by atomic mass is 9.74. The van der Waals surface area contributed by atoms with Crippen LogP contribution in [0.15, 0.2) is 35.7 Å². The number of likely N-dealkylation sites (tertiary alicyclic amines) is 1. The number of halogens is 1. The SMILES string of the molecule is CCOC(=O)[C@]1(Cc2ccccc2F)CCCN(C(=O)c2csc(C(C)=O)c2)C1. The Balaban J connectivity index is 1.88.